The first kappa shape index (κ1) is 11.3. The quantitative estimate of drug-likeness (QED) is 0.674. The van der Waals surface area contributed by atoms with Crippen molar-refractivity contribution >= 4 is 6.09 Å². The molecule has 0 saturated carbocycles. The van der Waals surface area contributed by atoms with Crippen LogP contribution in [0.15, 0.2) is 0 Å². The Morgan fingerprint density at radius 3 is 2.64 bits per heavy atom. The van der Waals surface area contributed by atoms with Gasteiger partial charge in [-0.3, -0.25) is 4.90 Å². The molecule has 0 aromatic carbocycles. The van der Waals surface area contributed by atoms with E-state index >= 15 is 0 Å². The fraction of sp³-hybridized carbons (Fsp3) is 0.889. The summed E-state index contributed by atoms with van der Waals surface area (Å²) in [4.78, 5) is 14.8. The molecule has 1 heterocycles. The molecule has 0 atom stereocenters. The second kappa shape index (κ2) is 5.82. The van der Waals surface area contributed by atoms with Crippen molar-refractivity contribution in [2.24, 2.45) is 0 Å². The van der Waals surface area contributed by atoms with Crippen LogP contribution in [0.4, 0.5) is 4.79 Å². The van der Waals surface area contributed by atoms with E-state index in [-0.39, 0.29) is 6.09 Å². The van der Waals surface area contributed by atoms with Gasteiger partial charge < -0.3 is 15.0 Å². The molecule has 14 heavy (non-hydrogen) atoms. The van der Waals surface area contributed by atoms with Crippen LogP contribution in [0.1, 0.15) is 0 Å². The molecule has 1 aliphatic rings. The summed E-state index contributed by atoms with van der Waals surface area (Å²) in [5.41, 5.74) is 0. The van der Waals surface area contributed by atoms with E-state index in [9.17, 15) is 4.79 Å². The molecule has 1 rings (SSSR count). The lowest BCUT2D eigenvalue weighted by molar-refractivity contribution is 0.101. The molecule has 1 N–H and O–H groups in total. The molecule has 0 aromatic heterocycles. The van der Waals surface area contributed by atoms with Gasteiger partial charge in [0.1, 0.15) is 6.61 Å². The number of nitrogens with zero attached hydrogens (tertiary/aromatic N) is 2. The third-order valence-electron chi connectivity index (χ3n) is 2.21. The zero-order valence-electron chi connectivity index (χ0n) is 8.95. The first-order valence-corrected chi connectivity index (χ1v) is 4.97. The van der Waals surface area contributed by atoms with E-state index in [0.29, 0.717) is 6.61 Å². The van der Waals surface area contributed by atoms with Crippen molar-refractivity contribution in [3.63, 3.8) is 0 Å². The maximum absolute atomic E-state index is 11.1. The predicted octanol–water partition coefficient (Wildman–Crippen LogP) is -0.410. The largest absolute Gasteiger partial charge is 0.448 e. The summed E-state index contributed by atoms with van der Waals surface area (Å²) in [5.74, 6) is 0. The Balaban J connectivity index is 2.05. The van der Waals surface area contributed by atoms with Gasteiger partial charge in [0, 0.05) is 46.8 Å². The SMILES string of the molecule is CN(C)C(=O)OCCN1CCNCC1. The van der Waals surface area contributed by atoms with Gasteiger partial charge in [0.15, 0.2) is 0 Å². The van der Waals surface area contributed by atoms with Gasteiger partial charge in [-0.2, -0.15) is 0 Å². The zero-order chi connectivity index (χ0) is 10.4. The van der Waals surface area contributed by atoms with Crippen molar-refractivity contribution in [1.29, 1.82) is 0 Å². The number of piperazine rings is 1. The second-order valence-corrected chi connectivity index (χ2v) is 3.60. The van der Waals surface area contributed by atoms with Crippen LogP contribution in [0.3, 0.4) is 0 Å². The smallest absolute Gasteiger partial charge is 0.409 e. The lowest BCUT2D eigenvalue weighted by Gasteiger charge is -2.26. The lowest BCUT2D eigenvalue weighted by atomic mass is 10.4. The Morgan fingerprint density at radius 2 is 2.07 bits per heavy atom. The molecule has 1 amide bonds. The summed E-state index contributed by atoms with van der Waals surface area (Å²) in [6.45, 7) is 5.46. The molecule has 5 nitrogen and oxygen atoms in total. The summed E-state index contributed by atoms with van der Waals surface area (Å²) >= 11 is 0. The maximum atomic E-state index is 11.1. The summed E-state index contributed by atoms with van der Waals surface area (Å²) in [6, 6.07) is 0. The van der Waals surface area contributed by atoms with E-state index in [1.54, 1.807) is 14.1 Å². The molecule has 0 radical (unpaired) electrons. The fourth-order valence-corrected chi connectivity index (χ4v) is 1.33. The molecule has 1 fully saturated rings. The average Bonchev–Trinajstić information content (AvgIpc) is 2.19. The van der Waals surface area contributed by atoms with Crippen molar-refractivity contribution in [2.75, 3.05) is 53.4 Å². The van der Waals surface area contributed by atoms with Crippen molar-refractivity contribution < 1.29 is 9.53 Å². The van der Waals surface area contributed by atoms with Crippen LogP contribution in [0.25, 0.3) is 0 Å². The van der Waals surface area contributed by atoms with E-state index in [1.165, 1.54) is 4.90 Å². The van der Waals surface area contributed by atoms with Gasteiger partial charge in [-0.05, 0) is 0 Å². The topological polar surface area (TPSA) is 44.8 Å². The highest BCUT2D eigenvalue weighted by molar-refractivity contribution is 5.66. The Hall–Kier alpha value is -0.810. The Bertz CT molecular complexity index is 179. The molecule has 0 bridgehead atoms. The van der Waals surface area contributed by atoms with Crippen LogP contribution in [0.2, 0.25) is 0 Å². The fourth-order valence-electron chi connectivity index (χ4n) is 1.33. The molecule has 1 aliphatic heterocycles. The van der Waals surface area contributed by atoms with E-state index in [2.05, 4.69) is 10.2 Å². The summed E-state index contributed by atoms with van der Waals surface area (Å²) in [7, 11) is 3.38. The minimum Gasteiger partial charge on any atom is -0.448 e. The van der Waals surface area contributed by atoms with Gasteiger partial charge in [-0.1, -0.05) is 0 Å². The average molecular weight is 201 g/mol. The Morgan fingerprint density at radius 1 is 1.43 bits per heavy atom. The molecule has 1 saturated heterocycles. The first-order chi connectivity index (χ1) is 6.70. The molecule has 0 unspecified atom stereocenters. The van der Waals surface area contributed by atoms with Crippen LogP contribution < -0.4 is 5.32 Å². The van der Waals surface area contributed by atoms with E-state index < -0.39 is 0 Å². The van der Waals surface area contributed by atoms with Crippen molar-refractivity contribution in [3.8, 4) is 0 Å². The summed E-state index contributed by atoms with van der Waals surface area (Å²) in [5, 5.41) is 3.27. The number of hydrogen-bond acceptors (Lipinski definition) is 4. The molecule has 5 heteroatoms. The Labute approximate surface area is 85.0 Å². The third kappa shape index (κ3) is 3.93. The van der Waals surface area contributed by atoms with Gasteiger partial charge in [-0.25, -0.2) is 4.79 Å². The number of rotatable bonds is 3. The number of hydrogen-bond donors (Lipinski definition) is 1. The highest BCUT2D eigenvalue weighted by atomic mass is 16.6. The number of nitrogens with one attached hydrogen (secondary N) is 1. The van der Waals surface area contributed by atoms with E-state index in [1.807, 2.05) is 0 Å². The molecule has 82 valence electrons. The van der Waals surface area contributed by atoms with Crippen LogP contribution in [-0.4, -0.2) is 69.3 Å². The van der Waals surface area contributed by atoms with Crippen molar-refractivity contribution in [3.05, 3.63) is 0 Å². The predicted molar refractivity (Wildman–Crippen MR) is 54.3 cm³/mol. The highest BCUT2D eigenvalue weighted by Gasteiger charge is 2.10. The second-order valence-electron chi connectivity index (χ2n) is 3.60. The van der Waals surface area contributed by atoms with Gasteiger partial charge in [-0.15, -0.1) is 0 Å². The number of carbonyl (C=O) groups excluding carboxylic acids is 1. The summed E-state index contributed by atoms with van der Waals surface area (Å²) < 4.78 is 5.03. The standard InChI is InChI=1S/C9H19N3O2/c1-11(2)9(13)14-8-7-12-5-3-10-4-6-12/h10H,3-8H2,1-2H3. The molecule has 0 aliphatic carbocycles. The van der Waals surface area contributed by atoms with Crippen LogP contribution >= 0.6 is 0 Å². The van der Waals surface area contributed by atoms with Gasteiger partial charge in [0.2, 0.25) is 0 Å². The number of ether oxygens (including phenoxy) is 1. The normalized spacial score (nSPS) is 17.9. The maximum Gasteiger partial charge on any atom is 0.409 e. The van der Waals surface area contributed by atoms with E-state index in [4.69, 9.17) is 4.74 Å². The zero-order valence-corrected chi connectivity index (χ0v) is 8.95. The minimum atomic E-state index is -0.264. The minimum absolute atomic E-state index is 0.264. The van der Waals surface area contributed by atoms with Gasteiger partial charge >= 0.3 is 6.09 Å². The first-order valence-electron chi connectivity index (χ1n) is 4.97. The van der Waals surface area contributed by atoms with Crippen LogP contribution in [0, 0.1) is 0 Å². The van der Waals surface area contributed by atoms with E-state index in [0.717, 1.165) is 32.7 Å². The molecule has 0 spiro atoms. The molecular weight excluding hydrogens is 182 g/mol. The number of amides is 1. The van der Waals surface area contributed by atoms with Gasteiger partial charge in [0.05, 0.1) is 0 Å². The lowest BCUT2D eigenvalue weighted by Crippen LogP contribution is -2.45. The molecular formula is C9H19N3O2. The van der Waals surface area contributed by atoms with Gasteiger partial charge in [0.25, 0.3) is 0 Å². The van der Waals surface area contributed by atoms with Crippen molar-refractivity contribution in [2.45, 2.75) is 0 Å². The third-order valence-corrected chi connectivity index (χ3v) is 2.21. The number of carbonyl (C=O) groups is 1. The van der Waals surface area contributed by atoms with Crippen molar-refractivity contribution in [1.82, 2.24) is 15.1 Å². The van der Waals surface area contributed by atoms with Crippen LogP contribution in [0.5, 0.6) is 0 Å². The molecule has 0 aromatic rings. The summed E-state index contributed by atoms with van der Waals surface area (Å²) in [6.07, 6.45) is -0.264. The highest BCUT2D eigenvalue weighted by Crippen LogP contribution is 1.93. The van der Waals surface area contributed by atoms with Crippen LogP contribution in [-0.2, 0) is 4.74 Å². The monoisotopic (exact) mass is 201 g/mol. The Kier molecular flexibility index (Phi) is 4.69.